The van der Waals surface area contributed by atoms with E-state index in [-0.39, 0.29) is 5.41 Å². The van der Waals surface area contributed by atoms with E-state index < -0.39 is 0 Å². The summed E-state index contributed by atoms with van der Waals surface area (Å²) in [7, 11) is 1.88. The summed E-state index contributed by atoms with van der Waals surface area (Å²) in [5, 5.41) is 7.33. The van der Waals surface area contributed by atoms with Crippen LogP contribution in [0.15, 0.2) is 4.99 Å². The smallest absolute Gasteiger partial charge is 0.191 e. The van der Waals surface area contributed by atoms with E-state index in [0.717, 1.165) is 44.5 Å². The Morgan fingerprint density at radius 3 is 2.61 bits per heavy atom. The minimum atomic E-state index is 0.151. The Kier molecular flexibility index (Phi) is 8.01. The number of aliphatic imine (C=N–C) groups is 1. The lowest BCUT2D eigenvalue weighted by molar-refractivity contribution is -0.113. The largest absolute Gasteiger partial charge is 0.381 e. The topological polar surface area (TPSA) is 58.1 Å². The molecule has 28 heavy (non-hydrogen) atoms. The molecular formula is C22H42N4O2. The number of unbranched alkanes of at least 4 members (excludes halogenated alkanes) is 1. The lowest BCUT2D eigenvalue weighted by Crippen LogP contribution is -2.64. The molecule has 0 radical (unpaired) electrons. The molecule has 0 amide bonds. The number of guanidine groups is 1. The van der Waals surface area contributed by atoms with E-state index >= 15 is 0 Å². The maximum absolute atomic E-state index is 6.08. The van der Waals surface area contributed by atoms with Gasteiger partial charge in [0.15, 0.2) is 5.96 Å². The Balaban J connectivity index is 1.37. The zero-order valence-corrected chi connectivity index (χ0v) is 18.5. The number of hydrogen-bond donors (Lipinski definition) is 2. The van der Waals surface area contributed by atoms with E-state index in [2.05, 4.69) is 41.3 Å². The van der Waals surface area contributed by atoms with Gasteiger partial charge in [0.2, 0.25) is 0 Å². The fraction of sp³-hybridized carbons (Fsp3) is 0.955. The predicted molar refractivity (Wildman–Crippen MR) is 115 cm³/mol. The molecule has 2 N–H and O–H groups in total. The first-order valence-corrected chi connectivity index (χ1v) is 11.4. The van der Waals surface area contributed by atoms with Gasteiger partial charge < -0.3 is 25.0 Å². The van der Waals surface area contributed by atoms with Gasteiger partial charge in [-0.3, -0.25) is 4.99 Å². The van der Waals surface area contributed by atoms with Crippen LogP contribution in [0.25, 0.3) is 0 Å². The number of hydrogen-bond acceptors (Lipinski definition) is 4. The van der Waals surface area contributed by atoms with Crippen LogP contribution in [-0.2, 0) is 9.47 Å². The highest BCUT2D eigenvalue weighted by Crippen LogP contribution is 2.42. The number of ether oxygens (including phenoxy) is 2. The molecule has 0 aromatic rings. The number of likely N-dealkylation sites (tertiary alicyclic amines) is 1. The third-order valence-electron chi connectivity index (χ3n) is 7.00. The fourth-order valence-electron chi connectivity index (χ4n) is 4.66. The molecule has 6 nitrogen and oxygen atoms in total. The highest BCUT2D eigenvalue weighted by atomic mass is 16.5. The third kappa shape index (κ3) is 5.61. The van der Waals surface area contributed by atoms with E-state index in [1.807, 2.05) is 7.05 Å². The molecule has 2 aliphatic heterocycles. The van der Waals surface area contributed by atoms with E-state index in [9.17, 15) is 0 Å². The molecule has 162 valence electrons. The summed E-state index contributed by atoms with van der Waals surface area (Å²) in [5.41, 5.74) is 0.151. The predicted octanol–water partition coefficient (Wildman–Crippen LogP) is 2.64. The van der Waals surface area contributed by atoms with Gasteiger partial charge in [-0.25, -0.2) is 0 Å². The Morgan fingerprint density at radius 2 is 2.00 bits per heavy atom. The first-order chi connectivity index (χ1) is 13.5. The van der Waals surface area contributed by atoms with Crippen LogP contribution in [0.1, 0.15) is 59.3 Å². The quantitative estimate of drug-likeness (QED) is 0.377. The summed E-state index contributed by atoms with van der Waals surface area (Å²) in [6, 6.07) is 0.940. The summed E-state index contributed by atoms with van der Waals surface area (Å²) in [6.45, 7) is 13.2. The van der Waals surface area contributed by atoms with Gasteiger partial charge >= 0.3 is 0 Å². The van der Waals surface area contributed by atoms with Crippen molar-refractivity contribution in [1.29, 1.82) is 0 Å². The maximum Gasteiger partial charge on any atom is 0.191 e. The highest BCUT2D eigenvalue weighted by Gasteiger charge is 2.49. The van der Waals surface area contributed by atoms with Crippen molar-refractivity contribution in [2.75, 3.05) is 46.5 Å². The van der Waals surface area contributed by atoms with E-state index in [0.29, 0.717) is 18.2 Å². The second-order valence-corrected chi connectivity index (χ2v) is 9.49. The van der Waals surface area contributed by atoms with Crippen LogP contribution in [0.4, 0.5) is 0 Å². The molecule has 3 aliphatic rings. The molecule has 2 heterocycles. The minimum absolute atomic E-state index is 0.151. The molecule has 0 aromatic carbocycles. The van der Waals surface area contributed by atoms with Crippen LogP contribution < -0.4 is 10.6 Å². The SMILES string of the molecule is CCCCOC1CC(NC(=NC)NC2CCN(CC3CCOC3)CC2)C1(C)C. The molecule has 3 fully saturated rings. The average molecular weight is 395 g/mol. The van der Waals surface area contributed by atoms with Crippen molar-refractivity contribution in [1.82, 2.24) is 15.5 Å². The van der Waals surface area contributed by atoms with Crippen molar-refractivity contribution in [2.45, 2.75) is 77.5 Å². The molecule has 1 saturated carbocycles. The standard InChI is InChI=1S/C22H42N4O2/c1-5-6-12-28-20-14-19(22(20,2)3)25-21(23-4)24-18-7-10-26(11-8-18)15-17-9-13-27-16-17/h17-20H,5-16H2,1-4H3,(H2,23,24,25). The van der Waals surface area contributed by atoms with E-state index in [1.165, 1.54) is 45.3 Å². The van der Waals surface area contributed by atoms with Gasteiger partial charge in [-0.1, -0.05) is 27.2 Å². The van der Waals surface area contributed by atoms with Gasteiger partial charge in [0.1, 0.15) is 0 Å². The van der Waals surface area contributed by atoms with Gasteiger partial charge in [-0.2, -0.15) is 0 Å². The van der Waals surface area contributed by atoms with Gasteiger partial charge in [-0.05, 0) is 38.0 Å². The van der Waals surface area contributed by atoms with Crippen molar-refractivity contribution in [3.8, 4) is 0 Å². The molecular weight excluding hydrogens is 352 g/mol. The van der Waals surface area contributed by atoms with Crippen molar-refractivity contribution < 1.29 is 9.47 Å². The molecule has 3 rings (SSSR count). The van der Waals surface area contributed by atoms with Gasteiger partial charge in [0.25, 0.3) is 0 Å². The summed E-state index contributed by atoms with van der Waals surface area (Å²) >= 11 is 0. The van der Waals surface area contributed by atoms with Crippen molar-refractivity contribution in [3.63, 3.8) is 0 Å². The Hall–Kier alpha value is -0.850. The zero-order valence-electron chi connectivity index (χ0n) is 18.5. The molecule has 0 bridgehead atoms. The van der Waals surface area contributed by atoms with Gasteiger partial charge in [-0.15, -0.1) is 0 Å². The number of nitrogens with zero attached hydrogens (tertiary/aromatic N) is 2. The molecule has 6 heteroatoms. The maximum atomic E-state index is 6.08. The van der Waals surface area contributed by atoms with E-state index in [4.69, 9.17) is 9.47 Å². The highest BCUT2D eigenvalue weighted by molar-refractivity contribution is 5.80. The summed E-state index contributed by atoms with van der Waals surface area (Å²) < 4.78 is 11.6. The third-order valence-corrected chi connectivity index (χ3v) is 7.00. The molecule has 2 saturated heterocycles. The molecule has 3 unspecified atom stereocenters. The number of nitrogens with one attached hydrogen (secondary N) is 2. The average Bonchev–Trinajstić information content (AvgIpc) is 3.20. The van der Waals surface area contributed by atoms with Crippen molar-refractivity contribution >= 4 is 5.96 Å². The Morgan fingerprint density at radius 1 is 1.21 bits per heavy atom. The second-order valence-electron chi connectivity index (χ2n) is 9.49. The first kappa shape index (κ1) is 21.8. The lowest BCUT2D eigenvalue weighted by Gasteiger charge is -2.52. The molecule has 0 spiro atoms. The summed E-state index contributed by atoms with van der Waals surface area (Å²) in [5.74, 6) is 1.69. The van der Waals surface area contributed by atoms with Crippen molar-refractivity contribution in [2.24, 2.45) is 16.3 Å². The monoisotopic (exact) mass is 394 g/mol. The van der Waals surface area contributed by atoms with Crippen LogP contribution in [-0.4, -0.2) is 75.5 Å². The second kappa shape index (κ2) is 10.3. The Labute approximate surface area is 171 Å². The zero-order chi connectivity index (χ0) is 20.0. The molecule has 1 aliphatic carbocycles. The van der Waals surface area contributed by atoms with Crippen LogP contribution in [0.3, 0.4) is 0 Å². The van der Waals surface area contributed by atoms with Crippen LogP contribution in [0, 0.1) is 11.3 Å². The lowest BCUT2D eigenvalue weighted by atomic mass is 9.64. The number of rotatable bonds is 8. The molecule has 0 aromatic heterocycles. The van der Waals surface area contributed by atoms with Crippen LogP contribution in [0.5, 0.6) is 0 Å². The fourth-order valence-corrected chi connectivity index (χ4v) is 4.66. The Bertz CT molecular complexity index is 497. The minimum Gasteiger partial charge on any atom is -0.381 e. The van der Waals surface area contributed by atoms with Crippen LogP contribution in [0.2, 0.25) is 0 Å². The number of piperidine rings is 1. The summed E-state index contributed by atoms with van der Waals surface area (Å²) in [6.07, 6.45) is 7.38. The molecule has 3 atom stereocenters. The van der Waals surface area contributed by atoms with Gasteiger partial charge in [0, 0.05) is 57.4 Å². The summed E-state index contributed by atoms with van der Waals surface area (Å²) in [4.78, 5) is 7.11. The van der Waals surface area contributed by atoms with Crippen molar-refractivity contribution in [3.05, 3.63) is 0 Å². The normalized spacial score (nSPS) is 31.6. The van der Waals surface area contributed by atoms with E-state index in [1.54, 1.807) is 0 Å². The van der Waals surface area contributed by atoms with Gasteiger partial charge in [0.05, 0.1) is 12.7 Å². The first-order valence-electron chi connectivity index (χ1n) is 11.4. The van der Waals surface area contributed by atoms with Crippen LogP contribution >= 0.6 is 0 Å².